The van der Waals surface area contributed by atoms with Gasteiger partial charge in [0.05, 0.1) is 12.2 Å². The molecule has 2 aromatic heterocycles. The molecule has 1 aromatic carbocycles. The van der Waals surface area contributed by atoms with Crippen LogP contribution < -0.4 is 0 Å². The molecular formula is C20H23ClN6O. The monoisotopic (exact) mass is 398 g/mol. The minimum atomic E-state index is 0.348. The van der Waals surface area contributed by atoms with E-state index in [-0.39, 0.29) is 0 Å². The quantitative estimate of drug-likeness (QED) is 0.649. The van der Waals surface area contributed by atoms with Gasteiger partial charge in [-0.15, -0.1) is 10.2 Å². The van der Waals surface area contributed by atoms with Crippen LogP contribution in [0.4, 0.5) is 0 Å². The molecule has 0 radical (unpaired) electrons. The van der Waals surface area contributed by atoms with Gasteiger partial charge in [0.2, 0.25) is 5.89 Å². The van der Waals surface area contributed by atoms with Crippen molar-refractivity contribution in [2.45, 2.75) is 57.5 Å². The molecule has 0 bridgehead atoms. The average molecular weight is 399 g/mol. The van der Waals surface area contributed by atoms with Gasteiger partial charge in [-0.05, 0) is 63.4 Å². The molecule has 3 heterocycles. The predicted molar refractivity (Wildman–Crippen MR) is 105 cm³/mol. The van der Waals surface area contributed by atoms with Gasteiger partial charge < -0.3 is 4.52 Å². The molecule has 146 valence electrons. The lowest BCUT2D eigenvalue weighted by Gasteiger charge is -2.26. The molecule has 3 aromatic rings. The van der Waals surface area contributed by atoms with E-state index >= 15 is 0 Å². The SMILES string of the molecule is Cc1noc(C2CCC(c3nnc4n3-c3ccc(Cl)cc3CN(C)C4)CC2)n1. The number of aromatic nitrogens is 5. The molecule has 1 aliphatic carbocycles. The van der Waals surface area contributed by atoms with Crippen molar-refractivity contribution in [3.05, 3.63) is 52.1 Å². The molecular weight excluding hydrogens is 376 g/mol. The maximum absolute atomic E-state index is 6.26. The maximum Gasteiger partial charge on any atom is 0.229 e. The molecule has 28 heavy (non-hydrogen) atoms. The van der Waals surface area contributed by atoms with Crippen LogP contribution in [0, 0.1) is 6.92 Å². The van der Waals surface area contributed by atoms with E-state index < -0.39 is 0 Å². The van der Waals surface area contributed by atoms with Crippen LogP contribution in [0.3, 0.4) is 0 Å². The summed E-state index contributed by atoms with van der Waals surface area (Å²) in [7, 11) is 2.10. The molecule has 7 nitrogen and oxygen atoms in total. The average Bonchev–Trinajstić information content (AvgIpc) is 3.25. The summed E-state index contributed by atoms with van der Waals surface area (Å²) in [4.78, 5) is 6.67. The largest absolute Gasteiger partial charge is 0.339 e. The molecule has 1 fully saturated rings. The van der Waals surface area contributed by atoms with E-state index in [1.54, 1.807) is 0 Å². The van der Waals surface area contributed by atoms with E-state index in [0.29, 0.717) is 17.7 Å². The highest BCUT2D eigenvalue weighted by Crippen LogP contribution is 2.41. The number of halogens is 1. The van der Waals surface area contributed by atoms with Gasteiger partial charge in [-0.3, -0.25) is 9.47 Å². The Bertz CT molecular complexity index is 1000. The van der Waals surface area contributed by atoms with Gasteiger partial charge in [0.25, 0.3) is 0 Å². The van der Waals surface area contributed by atoms with Crippen LogP contribution in [0.5, 0.6) is 0 Å². The minimum Gasteiger partial charge on any atom is -0.339 e. The second kappa shape index (κ2) is 6.97. The summed E-state index contributed by atoms with van der Waals surface area (Å²) in [5, 5.41) is 13.9. The number of hydrogen-bond donors (Lipinski definition) is 0. The highest BCUT2D eigenvalue weighted by molar-refractivity contribution is 6.30. The molecule has 0 unspecified atom stereocenters. The summed E-state index contributed by atoms with van der Waals surface area (Å²) in [5.74, 6) is 4.27. The normalized spacial score (nSPS) is 22.5. The summed E-state index contributed by atoms with van der Waals surface area (Å²) in [5.41, 5.74) is 2.36. The fraction of sp³-hybridized carbons (Fsp3) is 0.500. The van der Waals surface area contributed by atoms with Gasteiger partial charge in [0.15, 0.2) is 11.6 Å². The topological polar surface area (TPSA) is 72.9 Å². The number of fused-ring (bicyclic) bond motifs is 3. The number of hydrogen-bond acceptors (Lipinski definition) is 6. The molecule has 1 aliphatic heterocycles. The lowest BCUT2D eigenvalue weighted by Crippen LogP contribution is -2.17. The van der Waals surface area contributed by atoms with Crippen molar-refractivity contribution in [3.63, 3.8) is 0 Å². The lowest BCUT2D eigenvalue weighted by atomic mass is 9.81. The highest BCUT2D eigenvalue weighted by atomic mass is 35.5. The highest BCUT2D eigenvalue weighted by Gasteiger charge is 2.32. The zero-order valence-electron chi connectivity index (χ0n) is 16.1. The van der Waals surface area contributed by atoms with Crippen LogP contribution in [-0.4, -0.2) is 36.9 Å². The van der Waals surface area contributed by atoms with Crippen molar-refractivity contribution in [2.24, 2.45) is 0 Å². The van der Waals surface area contributed by atoms with Crippen molar-refractivity contribution < 1.29 is 4.52 Å². The van der Waals surface area contributed by atoms with Crippen LogP contribution >= 0.6 is 11.6 Å². The Morgan fingerprint density at radius 3 is 2.61 bits per heavy atom. The van der Waals surface area contributed by atoms with Gasteiger partial charge in [-0.1, -0.05) is 16.8 Å². The molecule has 8 heteroatoms. The summed E-state index contributed by atoms with van der Waals surface area (Å²) in [6.45, 7) is 3.49. The van der Waals surface area contributed by atoms with Gasteiger partial charge in [-0.2, -0.15) is 4.98 Å². The van der Waals surface area contributed by atoms with Gasteiger partial charge in [0, 0.05) is 23.4 Å². The first-order chi connectivity index (χ1) is 13.6. The summed E-state index contributed by atoms with van der Waals surface area (Å²) in [6, 6.07) is 6.11. The maximum atomic E-state index is 6.26. The molecule has 2 aliphatic rings. The van der Waals surface area contributed by atoms with Crippen molar-refractivity contribution in [1.82, 2.24) is 29.8 Å². The smallest absolute Gasteiger partial charge is 0.229 e. The fourth-order valence-corrected chi connectivity index (χ4v) is 4.72. The first kappa shape index (κ1) is 17.8. The van der Waals surface area contributed by atoms with E-state index in [4.69, 9.17) is 16.1 Å². The second-order valence-corrected chi connectivity index (χ2v) is 8.42. The Morgan fingerprint density at radius 2 is 1.86 bits per heavy atom. The predicted octanol–water partition coefficient (Wildman–Crippen LogP) is 4.00. The Kier molecular flexibility index (Phi) is 4.44. The lowest BCUT2D eigenvalue weighted by molar-refractivity contribution is 0.295. The zero-order valence-corrected chi connectivity index (χ0v) is 16.9. The summed E-state index contributed by atoms with van der Waals surface area (Å²) < 4.78 is 7.65. The third-order valence-electron chi connectivity index (χ3n) is 5.87. The van der Waals surface area contributed by atoms with E-state index in [2.05, 4.69) is 49.0 Å². The number of aryl methyl sites for hydroxylation is 1. The number of rotatable bonds is 2. The zero-order chi connectivity index (χ0) is 19.3. The van der Waals surface area contributed by atoms with Gasteiger partial charge in [-0.25, -0.2) is 0 Å². The molecule has 0 saturated heterocycles. The van der Waals surface area contributed by atoms with Crippen molar-refractivity contribution in [2.75, 3.05) is 7.05 Å². The van der Waals surface area contributed by atoms with Gasteiger partial charge >= 0.3 is 0 Å². The number of nitrogens with zero attached hydrogens (tertiary/aromatic N) is 6. The molecule has 0 spiro atoms. The van der Waals surface area contributed by atoms with Crippen LogP contribution in [0.1, 0.15) is 66.4 Å². The van der Waals surface area contributed by atoms with Crippen LogP contribution in [0.15, 0.2) is 22.7 Å². The fourth-order valence-electron chi connectivity index (χ4n) is 4.52. The Labute approximate surface area is 168 Å². The van der Waals surface area contributed by atoms with Crippen LogP contribution in [-0.2, 0) is 13.1 Å². The minimum absolute atomic E-state index is 0.348. The van der Waals surface area contributed by atoms with E-state index in [1.807, 2.05) is 13.0 Å². The Hall–Kier alpha value is -2.25. The van der Waals surface area contributed by atoms with Crippen LogP contribution in [0.25, 0.3) is 5.69 Å². The second-order valence-electron chi connectivity index (χ2n) is 7.98. The molecule has 1 saturated carbocycles. The van der Waals surface area contributed by atoms with E-state index in [9.17, 15) is 0 Å². The van der Waals surface area contributed by atoms with Gasteiger partial charge in [0.1, 0.15) is 5.82 Å². The Morgan fingerprint density at radius 1 is 1.07 bits per heavy atom. The van der Waals surface area contributed by atoms with E-state index in [1.165, 1.54) is 5.56 Å². The third-order valence-corrected chi connectivity index (χ3v) is 6.11. The first-order valence-corrected chi connectivity index (χ1v) is 10.2. The van der Waals surface area contributed by atoms with E-state index in [0.717, 1.165) is 67.0 Å². The van der Waals surface area contributed by atoms with Crippen molar-refractivity contribution in [1.29, 1.82) is 0 Å². The standard InChI is InChI=1S/C20H23ClN6O/c1-12-22-20(28-25-12)14-5-3-13(4-6-14)19-24-23-18-11-26(2)10-15-9-16(21)7-8-17(15)27(18)19/h7-9,13-14H,3-6,10-11H2,1-2H3. The van der Waals surface area contributed by atoms with Crippen molar-refractivity contribution in [3.8, 4) is 5.69 Å². The number of benzene rings is 1. The molecule has 5 rings (SSSR count). The summed E-state index contributed by atoms with van der Waals surface area (Å²) >= 11 is 6.26. The molecule has 0 N–H and O–H groups in total. The summed E-state index contributed by atoms with van der Waals surface area (Å²) in [6.07, 6.45) is 4.15. The van der Waals surface area contributed by atoms with Crippen LogP contribution in [0.2, 0.25) is 5.02 Å². The van der Waals surface area contributed by atoms with Crippen molar-refractivity contribution >= 4 is 11.6 Å². The molecule has 0 atom stereocenters. The third kappa shape index (κ3) is 3.12. The molecule has 0 amide bonds. The first-order valence-electron chi connectivity index (χ1n) is 9.80. The Balaban J connectivity index is 1.45.